The molecule has 2 fully saturated rings. The highest BCUT2D eigenvalue weighted by atomic mass is 19.1. The molecule has 158 valence electrons. The summed E-state index contributed by atoms with van der Waals surface area (Å²) in [5.74, 6) is -0.491. The van der Waals surface area contributed by atoms with E-state index in [4.69, 9.17) is 15.7 Å². The van der Waals surface area contributed by atoms with Crippen molar-refractivity contribution in [3.63, 3.8) is 0 Å². The molecule has 0 saturated carbocycles. The van der Waals surface area contributed by atoms with Crippen LogP contribution in [-0.4, -0.2) is 79.9 Å². The molecule has 0 spiro atoms. The van der Waals surface area contributed by atoms with Gasteiger partial charge in [0.15, 0.2) is 5.84 Å². The molecule has 0 bridgehead atoms. The molecule has 2 amide bonds. The Morgan fingerprint density at radius 3 is 2.72 bits per heavy atom. The van der Waals surface area contributed by atoms with Crippen LogP contribution < -0.4 is 20.9 Å². The zero-order valence-corrected chi connectivity index (χ0v) is 16.2. The second-order valence-corrected chi connectivity index (χ2v) is 7.04. The molecule has 1 aromatic rings. The first-order valence-corrected chi connectivity index (χ1v) is 9.33. The van der Waals surface area contributed by atoms with Gasteiger partial charge in [-0.1, -0.05) is 5.16 Å². The van der Waals surface area contributed by atoms with E-state index >= 15 is 0 Å². The van der Waals surface area contributed by atoms with E-state index in [0.717, 1.165) is 0 Å². The Balaban J connectivity index is 1.61. The average Bonchev–Trinajstić information content (AvgIpc) is 3.07. The lowest BCUT2D eigenvalue weighted by Gasteiger charge is -2.36. The Morgan fingerprint density at radius 1 is 1.38 bits per heavy atom. The number of benzene rings is 1. The van der Waals surface area contributed by atoms with Gasteiger partial charge in [0.1, 0.15) is 11.9 Å². The van der Waals surface area contributed by atoms with Crippen LogP contribution in [-0.2, 0) is 9.53 Å². The third kappa shape index (κ3) is 5.05. The number of rotatable bonds is 6. The largest absolute Gasteiger partial charge is 0.442 e. The van der Waals surface area contributed by atoms with Crippen molar-refractivity contribution in [3.05, 3.63) is 24.0 Å². The van der Waals surface area contributed by atoms with Crippen LogP contribution in [0.4, 0.5) is 20.6 Å². The summed E-state index contributed by atoms with van der Waals surface area (Å²) >= 11 is 0. The van der Waals surface area contributed by atoms with Crippen molar-refractivity contribution >= 4 is 29.2 Å². The Kier molecular flexibility index (Phi) is 6.37. The minimum Gasteiger partial charge on any atom is -0.442 e. The van der Waals surface area contributed by atoms with E-state index < -0.39 is 18.0 Å². The molecular formula is C18H25FN6O4. The maximum absolute atomic E-state index is 14.8. The lowest BCUT2D eigenvalue weighted by Crippen LogP contribution is -2.49. The monoisotopic (exact) mass is 408 g/mol. The number of nitrogens with one attached hydrogen (secondary N) is 1. The summed E-state index contributed by atoms with van der Waals surface area (Å²) in [5, 5.41) is 14.2. The Bertz CT molecular complexity index is 797. The minimum atomic E-state index is -0.566. The topological polar surface area (TPSA) is 124 Å². The van der Waals surface area contributed by atoms with E-state index in [1.807, 2.05) is 9.80 Å². The normalized spacial score (nSPS) is 20.7. The van der Waals surface area contributed by atoms with Crippen molar-refractivity contribution in [2.45, 2.75) is 13.0 Å². The van der Waals surface area contributed by atoms with Gasteiger partial charge in [-0.25, -0.2) is 9.18 Å². The van der Waals surface area contributed by atoms with Crippen LogP contribution in [0.25, 0.3) is 0 Å². The number of oxime groups is 1. The van der Waals surface area contributed by atoms with Crippen LogP contribution in [0.3, 0.4) is 0 Å². The maximum Gasteiger partial charge on any atom is 0.414 e. The van der Waals surface area contributed by atoms with Crippen LogP contribution in [0.2, 0.25) is 0 Å². The first kappa shape index (κ1) is 20.6. The van der Waals surface area contributed by atoms with Gasteiger partial charge in [0.25, 0.3) is 0 Å². The molecule has 3 rings (SSSR count). The van der Waals surface area contributed by atoms with E-state index in [2.05, 4.69) is 10.5 Å². The highest BCUT2D eigenvalue weighted by Gasteiger charge is 2.33. The molecule has 10 nitrogen and oxygen atoms in total. The number of amides is 2. The quantitative estimate of drug-likeness (QED) is 0.265. The highest BCUT2D eigenvalue weighted by Crippen LogP contribution is 2.28. The molecule has 1 atom stereocenters. The molecule has 0 aliphatic carbocycles. The second kappa shape index (κ2) is 8.95. The number of cyclic esters (lactones) is 1. The number of amidine groups is 1. The molecule has 2 heterocycles. The third-order valence-electron chi connectivity index (χ3n) is 4.92. The van der Waals surface area contributed by atoms with Crippen molar-refractivity contribution in [2.75, 3.05) is 55.6 Å². The summed E-state index contributed by atoms with van der Waals surface area (Å²) < 4.78 is 20.0. The average molecular weight is 408 g/mol. The SMILES string of the molecule is CC(=O)NC[C@H]1CN(c2ccc(N3CCN(C/C(N)=N/O)CC3)c(F)c2)C(=O)O1. The maximum atomic E-state index is 14.8. The fourth-order valence-electron chi connectivity index (χ4n) is 3.42. The Labute approximate surface area is 167 Å². The number of anilines is 2. The zero-order valence-electron chi connectivity index (χ0n) is 16.2. The summed E-state index contributed by atoms with van der Waals surface area (Å²) in [6.07, 6.45) is -1.04. The van der Waals surface area contributed by atoms with Crippen molar-refractivity contribution in [3.8, 4) is 0 Å². The van der Waals surface area contributed by atoms with Crippen LogP contribution in [0.15, 0.2) is 23.4 Å². The number of hydrogen-bond acceptors (Lipinski definition) is 7. The predicted molar refractivity (Wildman–Crippen MR) is 105 cm³/mol. The lowest BCUT2D eigenvalue weighted by atomic mass is 10.2. The molecule has 2 aliphatic heterocycles. The van der Waals surface area contributed by atoms with E-state index in [1.165, 1.54) is 17.9 Å². The highest BCUT2D eigenvalue weighted by molar-refractivity contribution is 5.90. The van der Waals surface area contributed by atoms with Gasteiger partial charge in [-0.15, -0.1) is 0 Å². The summed E-state index contributed by atoms with van der Waals surface area (Å²) in [5.41, 5.74) is 6.39. The van der Waals surface area contributed by atoms with E-state index in [0.29, 0.717) is 44.1 Å². The first-order chi connectivity index (χ1) is 13.9. The standard InChI is InChI=1S/C18H25FN6O4/c1-12(26)21-9-14-10-25(18(27)29-14)13-2-3-16(15(19)8-13)24-6-4-23(5-7-24)11-17(20)22-28/h2-3,8,14,28H,4-7,9-11H2,1H3,(H2,20,22)(H,21,26)/t14-/m0/s1. The fraction of sp³-hybridized carbons (Fsp3) is 0.500. The van der Waals surface area contributed by atoms with Gasteiger partial charge < -0.3 is 25.9 Å². The first-order valence-electron chi connectivity index (χ1n) is 9.33. The Morgan fingerprint density at radius 2 is 2.10 bits per heavy atom. The summed E-state index contributed by atoms with van der Waals surface area (Å²) in [7, 11) is 0. The van der Waals surface area contributed by atoms with Gasteiger partial charge in [0, 0.05) is 33.1 Å². The number of halogens is 1. The molecule has 1 aromatic carbocycles. The van der Waals surface area contributed by atoms with Gasteiger partial charge in [0.2, 0.25) is 5.91 Å². The van der Waals surface area contributed by atoms with Gasteiger partial charge in [-0.3, -0.25) is 14.6 Å². The number of nitrogens with zero attached hydrogens (tertiary/aromatic N) is 4. The molecule has 11 heteroatoms. The molecule has 29 heavy (non-hydrogen) atoms. The number of carbonyl (C=O) groups excluding carboxylic acids is 2. The van der Waals surface area contributed by atoms with Gasteiger partial charge in [-0.05, 0) is 18.2 Å². The number of hydrogen-bond donors (Lipinski definition) is 3. The van der Waals surface area contributed by atoms with E-state index in [9.17, 15) is 14.0 Å². The molecule has 0 radical (unpaired) electrons. The number of nitrogens with two attached hydrogens (primary N) is 1. The predicted octanol–water partition coefficient (Wildman–Crippen LogP) is 0.155. The third-order valence-corrected chi connectivity index (χ3v) is 4.92. The number of ether oxygens (including phenoxy) is 1. The summed E-state index contributed by atoms with van der Waals surface area (Å²) in [6.45, 7) is 4.71. The van der Waals surface area contributed by atoms with Crippen LogP contribution >= 0.6 is 0 Å². The molecule has 0 aromatic heterocycles. The van der Waals surface area contributed by atoms with Crippen LogP contribution in [0, 0.1) is 5.82 Å². The van der Waals surface area contributed by atoms with Crippen molar-refractivity contribution < 1.29 is 23.9 Å². The van der Waals surface area contributed by atoms with Gasteiger partial charge in [-0.2, -0.15) is 0 Å². The molecule has 2 aliphatic rings. The molecular weight excluding hydrogens is 383 g/mol. The smallest absolute Gasteiger partial charge is 0.414 e. The molecule has 0 unspecified atom stereocenters. The zero-order chi connectivity index (χ0) is 21.0. The van der Waals surface area contributed by atoms with Crippen LogP contribution in [0.1, 0.15) is 6.92 Å². The van der Waals surface area contributed by atoms with Gasteiger partial charge >= 0.3 is 6.09 Å². The van der Waals surface area contributed by atoms with E-state index in [1.54, 1.807) is 12.1 Å². The second-order valence-electron chi connectivity index (χ2n) is 7.04. The van der Waals surface area contributed by atoms with E-state index in [-0.39, 0.29) is 24.8 Å². The lowest BCUT2D eigenvalue weighted by molar-refractivity contribution is -0.119. The summed E-state index contributed by atoms with van der Waals surface area (Å²) in [6, 6.07) is 4.65. The number of piperazine rings is 1. The van der Waals surface area contributed by atoms with Crippen LogP contribution in [0.5, 0.6) is 0 Å². The summed E-state index contributed by atoms with van der Waals surface area (Å²) in [4.78, 5) is 28.4. The Hall–Kier alpha value is -3.08. The minimum absolute atomic E-state index is 0.142. The van der Waals surface area contributed by atoms with Crippen molar-refractivity contribution in [2.24, 2.45) is 10.9 Å². The molecule has 4 N–H and O–H groups in total. The number of carbonyl (C=O) groups is 2. The van der Waals surface area contributed by atoms with Crippen molar-refractivity contribution in [1.82, 2.24) is 10.2 Å². The van der Waals surface area contributed by atoms with Crippen molar-refractivity contribution in [1.29, 1.82) is 0 Å². The fourth-order valence-corrected chi connectivity index (χ4v) is 3.42. The molecule has 2 saturated heterocycles. The van der Waals surface area contributed by atoms with Gasteiger partial charge in [0.05, 0.1) is 31.0 Å².